The zero-order chi connectivity index (χ0) is 19.6. The van der Waals surface area contributed by atoms with Crippen molar-refractivity contribution < 1.29 is 14.3 Å². The highest BCUT2D eigenvalue weighted by Crippen LogP contribution is 2.13. The van der Waals surface area contributed by atoms with E-state index in [0.29, 0.717) is 5.02 Å². The van der Waals surface area contributed by atoms with Crippen molar-refractivity contribution in [1.82, 2.24) is 14.3 Å². The summed E-state index contributed by atoms with van der Waals surface area (Å²) in [6.45, 7) is -0.869. The van der Waals surface area contributed by atoms with Crippen LogP contribution in [0.3, 0.4) is 0 Å². The van der Waals surface area contributed by atoms with E-state index in [1.807, 2.05) is 0 Å². The van der Waals surface area contributed by atoms with Gasteiger partial charge in [-0.25, -0.2) is 4.39 Å². The Morgan fingerprint density at radius 1 is 1.26 bits per heavy atom. The van der Waals surface area contributed by atoms with Crippen molar-refractivity contribution in [2.45, 2.75) is 6.54 Å². The molecule has 9 heteroatoms. The minimum Gasteiger partial charge on any atom is -0.503 e. The maximum absolute atomic E-state index is 12.7. The van der Waals surface area contributed by atoms with Gasteiger partial charge in [-0.15, -0.1) is 0 Å². The van der Waals surface area contributed by atoms with Crippen LogP contribution in [0.15, 0.2) is 52.4 Å². The van der Waals surface area contributed by atoms with E-state index in [4.69, 9.17) is 11.6 Å². The standard InChI is InChI=1S/C18H15ClFN3O4/c19-12-3-1-2-11(8-12)9-23-7-6-22-10-13(17(26)21-5-4-20)15(24)16(25)14(22)18(23)27/h1-3,6-8,10,25H,4-5,9H2,(H,21,26). The van der Waals surface area contributed by atoms with Crippen LogP contribution in [0.5, 0.6) is 5.75 Å². The second-order valence-electron chi connectivity index (χ2n) is 5.78. The van der Waals surface area contributed by atoms with Crippen molar-refractivity contribution in [2.24, 2.45) is 0 Å². The van der Waals surface area contributed by atoms with E-state index >= 15 is 0 Å². The normalized spacial score (nSPS) is 10.9. The first-order valence-electron chi connectivity index (χ1n) is 7.98. The monoisotopic (exact) mass is 391 g/mol. The number of aromatic nitrogens is 2. The molecule has 0 aliphatic rings. The number of rotatable bonds is 5. The molecule has 0 unspecified atom stereocenters. The quantitative estimate of drug-likeness (QED) is 0.690. The highest BCUT2D eigenvalue weighted by Gasteiger charge is 2.18. The summed E-state index contributed by atoms with van der Waals surface area (Å²) >= 11 is 5.94. The number of fused-ring (bicyclic) bond motifs is 1. The molecule has 27 heavy (non-hydrogen) atoms. The van der Waals surface area contributed by atoms with Crippen LogP contribution < -0.4 is 16.3 Å². The number of nitrogens with zero attached hydrogens (tertiary/aromatic N) is 2. The number of hydrogen-bond acceptors (Lipinski definition) is 4. The zero-order valence-corrected chi connectivity index (χ0v) is 14.7. The molecule has 0 aliphatic heterocycles. The minimum absolute atomic E-state index is 0.183. The topological polar surface area (TPSA) is 92.8 Å². The molecule has 0 spiro atoms. The third-order valence-corrected chi connectivity index (χ3v) is 4.18. The molecule has 3 rings (SSSR count). The van der Waals surface area contributed by atoms with Crippen molar-refractivity contribution in [1.29, 1.82) is 0 Å². The number of hydrogen-bond donors (Lipinski definition) is 2. The summed E-state index contributed by atoms with van der Waals surface area (Å²) in [7, 11) is 0. The Morgan fingerprint density at radius 2 is 2.04 bits per heavy atom. The first kappa shape index (κ1) is 18.7. The predicted octanol–water partition coefficient (Wildman–Crippen LogP) is 1.57. The van der Waals surface area contributed by atoms with Crippen molar-refractivity contribution in [3.8, 4) is 5.75 Å². The average Bonchev–Trinajstić information content (AvgIpc) is 2.64. The van der Waals surface area contributed by atoms with Crippen LogP contribution in [0.2, 0.25) is 5.02 Å². The van der Waals surface area contributed by atoms with Gasteiger partial charge in [-0.1, -0.05) is 23.7 Å². The largest absolute Gasteiger partial charge is 0.503 e. The van der Waals surface area contributed by atoms with E-state index in [2.05, 4.69) is 5.32 Å². The van der Waals surface area contributed by atoms with Crippen LogP contribution in [0.1, 0.15) is 15.9 Å². The third kappa shape index (κ3) is 3.70. The van der Waals surface area contributed by atoms with Crippen molar-refractivity contribution >= 4 is 23.0 Å². The molecule has 0 bridgehead atoms. The molecule has 1 amide bonds. The number of aromatic hydroxyl groups is 1. The van der Waals surface area contributed by atoms with Gasteiger partial charge in [-0.3, -0.25) is 14.4 Å². The van der Waals surface area contributed by atoms with Crippen LogP contribution in [0.4, 0.5) is 4.39 Å². The van der Waals surface area contributed by atoms with Crippen LogP contribution in [0, 0.1) is 0 Å². The molecule has 1 aromatic carbocycles. The van der Waals surface area contributed by atoms with Crippen molar-refractivity contribution in [2.75, 3.05) is 13.2 Å². The fraction of sp³-hybridized carbons (Fsp3) is 0.167. The van der Waals surface area contributed by atoms with E-state index in [1.54, 1.807) is 24.3 Å². The Labute approximate surface area is 157 Å². The number of benzene rings is 1. The molecule has 3 aromatic rings. The van der Waals surface area contributed by atoms with Gasteiger partial charge in [-0.05, 0) is 17.7 Å². The Bertz CT molecular complexity index is 1140. The molecule has 2 N–H and O–H groups in total. The fourth-order valence-electron chi connectivity index (χ4n) is 2.68. The third-order valence-electron chi connectivity index (χ3n) is 3.95. The number of alkyl halides is 1. The average molecular weight is 392 g/mol. The molecule has 2 aromatic heterocycles. The van der Waals surface area contributed by atoms with E-state index < -0.39 is 29.3 Å². The maximum atomic E-state index is 12.7. The highest BCUT2D eigenvalue weighted by molar-refractivity contribution is 6.30. The SMILES string of the molecule is O=C(NCCF)c1cn2ccn(Cc3cccc(Cl)c3)c(=O)c2c(O)c1=O. The summed E-state index contributed by atoms with van der Waals surface area (Å²) in [5.74, 6) is -1.67. The van der Waals surface area contributed by atoms with Crippen molar-refractivity contribution in [3.05, 3.63) is 79.6 Å². The maximum Gasteiger partial charge on any atom is 0.279 e. The summed E-state index contributed by atoms with van der Waals surface area (Å²) in [4.78, 5) is 36.9. The molecule has 0 saturated carbocycles. The lowest BCUT2D eigenvalue weighted by Gasteiger charge is -2.11. The Morgan fingerprint density at radius 3 is 2.74 bits per heavy atom. The van der Waals surface area contributed by atoms with Crippen LogP contribution >= 0.6 is 11.6 Å². The number of pyridine rings is 1. The Balaban J connectivity index is 2.08. The molecule has 7 nitrogen and oxygen atoms in total. The predicted molar refractivity (Wildman–Crippen MR) is 98.5 cm³/mol. The van der Waals surface area contributed by atoms with Gasteiger partial charge in [0.05, 0.1) is 6.54 Å². The molecule has 0 radical (unpaired) electrons. The Kier molecular flexibility index (Phi) is 5.27. The summed E-state index contributed by atoms with van der Waals surface area (Å²) < 4.78 is 14.7. The van der Waals surface area contributed by atoms with Gasteiger partial charge in [0, 0.05) is 30.2 Å². The second-order valence-corrected chi connectivity index (χ2v) is 6.22. The summed E-state index contributed by atoms with van der Waals surface area (Å²) in [5.41, 5.74) is -1.48. The molecular weight excluding hydrogens is 377 g/mol. The van der Waals surface area contributed by atoms with Crippen LogP contribution in [-0.4, -0.2) is 33.2 Å². The van der Waals surface area contributed by atoms with E-state index in [0.717, 1.165) is 11.8 Å². The van der Waals surface area contributed by atoms with Gasteiger partial charge < -0.3 is 19.4 Å². The van der Waals surface area contributed by atoms with E-state index in [9.17, 15) is 23.9 Å². The minimum atomic E-state index is -0.996. The number of nitrogens with one attached hydrogen (secondary N) is 1. The van der Waals surface area contributed by atoms with Gasteiger partial charge in [0.15, 0.2) is 11.3 Å². The molecule has 2 heterocycles. The fourth-order valence-corrected chi connectivity index (χ4v) is 2.89. The van der Waals surface area contributed by atoms with Gasteiger partial charge in [-0.2, -0.15) is 0 Å². The van der Waals surface area contributed by atoms with E-state index in [1.165, 1.54) is 21.4 Å². The molecule has 140 valence electrons. The molecular formula is C18H15ClFN3O4. The molecule has 0 saturated heterocycles. The summed E-state index contributed by atoms with van der Waals surface area (Å²) in [6, 6.07) is 6.93. The highest BCUT2D eigenvalue weighted by atomic mass is 35.5. The van der Waals surface area contributed by atoms with Gasteiger partial charge in [0.2, 0.25) is 5.43 Å². The lowest BCUT2D eigenvalue weighted by Crippen LogP contribution is -2.32. The number of amides is 1. The summed E-state index contributed by atoms with van der Waals surface area (Å²) in [5, 5.41) is 12.9. The van der Waals surface area contributed by atoms with Crippen LogP contribution in [-0.2, 0) is 6.54 Å². The van der Waals surface area contributed by atoms with Crippen molar-refractivity contribution in [3.63, 3.8) is 0 Å². The second kappa shape index (κ2) is 7.63. The summed E-state index contributed by atoms with van der Waals surface area (Å²) in [6.07, 6.45) is 4.03. The smallest absolute Gasteiger partial charge is 0.279 e. The van der Waals surface area contributed by atoms with Gasteiger partial charge in [0.25, 0.3) is 11.5 Å². The molecule has 0 aliphatic carbocycles. The van der Waals surface area contributed by atoms with Crippen LogP contribution in [0.25, 0.3) is 5.52 Å². The Hall–Kier alpha value is -3.13. The first-order chi connectivity index (χ1) is 12.9. The lowest BCUT2D eigenvalue weighted by atomic mass is 10.2. The number of carbonyl (C=O) groups excluding carboxylic acids is 1. The number of halogens is 2. The molecule has 0 fully saturated rings. The lowest BCUT2D eigenvalue weighted by molar-refractivity contribution is 0.0949. The number of carbonyl (C=O) groups is 1. The van der Waals surface area contributed by atoms with Gasteiger partial charge >= 0.3 is 0 Å². The first-order valence-corrected chi connectivity index (χ1v) is 8.36. The van der Waals surface area contributed by atoms with Gasteiger partial charge in [0.1, 0.15) is 12.2 Å². The van der Waals surface area contributed by atoms with E-state index in [-0.39, 0.29) is 24.2 Å². The zero-order valence-electron chi connectivity index (χ0n) is 14.0. The molecule has 0 atom stereocenters.